The summed E-state index contributed by atoms with van der Waals surface area (Å²) in [6.07, 6.45) is 4.86. The molecule has 4 rings (SSSR count). The first kappa shape index (κ1) is 16.2. The van der Waals surface area contributed by atoms with E-state index in [9.17, 15) is 4.79 Å². The zero-order valence-corrected chi connectivity index (χ0v) is 14.7. The van der Waals surface area contributed by atoms with Crippen LogP contribution in [-0.2, 0) is 13.0 Å². The molecule has 132 valence electrons. The molecule has 1 saturated heterocycles. The van der Waals surface area contributed by atoms with Crippen LogP contribution in [0.1, 0.15) is 57.7 Å². The van der Waals surface area contributed by atoms with E-state index in [2.05, 4.69) is 15.5 Å². The topological polar surface area (TPSA) is 84.2 Å². The number of fused-ring (bicyclic) bond motifs is 1. The molecule has 1 atom stereocenters. The molecule has 2 aromatic heterocycles. The summed E-state index contributed by atoms with van der Waals surface area (Å²) in [4.78, 5) is 24.2. The molecule has 7 heteroatoms. The number of rotatable bonds is 2. The van der Waals surface area contributed by atoms with Gasteiger partial charge in [0.2, 0.25) is 0 Å². The monoisotopic (exact) mass is 341 g/mol. The van der Waals surface area contributed by atoms with Gasteiger partial charge in [-0.05, 0) is 26.7 Å². The molecule has 0 bridgehead atoms. The summed E-state index contributed by atoms with van der Waals surface area (Å²) < 4.78 is 5.15. The summed E-state index contributed by atoms with van der Waals surface area (Å²) in [5.74, 6) is 1.65. The number of aryl methyl sites for hydroxylation is 2. The van der Waals surface area contributed by atoms with Gasteiger partial charge in [-0.15, -0.1) is 0 Å². The third kappa shape index (κ3) is 3.04. The van der Waals surface area contributed by atoms with E-state index < -0.39 is 0 Å². The Morgan fingerprint density at radius 2 is 2.28 bits per heavy atom. The first-order valence-electron chi connectivity index (χ1n) is 8.91. The summed E-state index contributed by atoms with van der Waals surface area (Å²) >= 11 is 0. The van der Waals surface area contributed by atoms with Gasteiger partial charge >= 0.3 is 0 Å². The number of carbonyl (C=O) groups excluding carboxylic acids is 1. The second-order valence-electron chi connectivity index (χ2n) is 6.92. The van der Waals surface area contributed by atoms with Crippen LogP contribution < -0.4 is 5.32 Å². The van der Waals surface area contributed by atoms with Crippen molar-refractivity contribution < 1.29 is 9.32 Å². The molecule has 1 fully saturated rings. The number of piperidine rings is 1. The Morgan fingerprint density at radius 1 is 1.40 bits per heavy atom. The summed E-state index contributed by atoms with van der Waals surface area (Å²) in [6, 6.07) is 0. The highest BCUT2D eigenvalue weighted by molar-refractivity contribution is 5.96. The number of nitrogens with zero attached hydrogens (tertiary/aromatic N) is 4. The van der Waals surface area contributed by atoms with Crippen molar-refractivity contribution in [1.82, 2.24) is 25.3 Å². The largest absolute Gasteiger partial charge is 0.361 e. The molecule has 25 heavy (non-hydrogen) atoms. The SMILES string of the molecule is Cc1noc(C)c1C(=O)N1CCC[C@@H](c2ncc3c(n2)CCNC3)C1. The van der Waals surface area contributed by atoms with Gasteiger partial charge in [0.25, 0.3) is 5.91 Å². The smallest absolute Gasteiger partial charge is 0.259 e. The summed E-state index contributed by atoms with van der Waals surface area (Å²) in [7, 11) is 0. The molecular weight excluding hydrogens is 318 g/mol. The molecule has 0 spiro atoms. The van der Waals surface area contributed by atoms with Crippen molar-refractivity contribution in [3.63, 3.8) is 0 Å². The Bertz CT molecular complexity index is 781. The molecule has 1 amide bonds. The molecule has 0 unspecified atom stereocenters. The Labute approximate surface area is 146 Å². The van der Waals surface area contributed by atoms with Gasteiger partial charge < -0.3 is 14.7 Å². The van der Waals surface area contributed by atoms with Crippen LogP contribution in [0.15, 0.2) is 10.7 Å². The molecule has 2 aromatic rings. The first-order chi connectivity index (χ1) is 12.1. The lowest BCUT2D eigenvalue weighted by Gasteiger charge is -2.32. The lowest BCUT2D eigenvalue weighted by molar-refractivity contribution is 0.0702. The van der Waals surface area contributed by atoms with Crippen molar-refractivity contribution in [2.45, 2.75) is 45.6 Å². The lowest BCUT2D eigenvalue weighted by atomic mass is 9.95. The van der Waals surface area contributed by atoms with Gasteiger partial charge in [0, 0.05) is 56.0 Å². The average Bonchev–Trinajstić information content (AvgIpc) is 2.99. The lowest BCUT2D eigenvalue weighted by Crippen LogP contribution is -2.40. The molecule has 7 nitrogen and oxygen atoms in total. The predicted octanol–water partition coefficient (Wildman–Crippen LogP) is 1.75. The summed E-state index contributed by atoms with van der Waals surface area (Å²) in [5.41, 5.74) is 3.59. The average molecular weight is 341 g/mol. The van der Waals surface area contributed by atoms with Crippen molar-refractivity contribution in [2.24, 2.45) is 0 Å². The van der Waals surface area contributed by atoms with E-state index in [4.69, 9.17) is 9.51 Å². The predicted molar refractivity (Wildman–Crippen MR) is 91.3 cm³/mol. The van der Waals surface area contributed by atoms with Crippen LogP contribution in [0.4, 0.5) is 0 Å². The maximum Gasteiger partial charge on any atom is 0.259 e. The fraction of sp³-hybridized carbons (Fsp3) is 0.556. The van der Waals surface area contributed by atoms with Crippen LogP contribution in [0.25, 0.3) is 0 Å². The highest BCUT2D eigenvalue weighted by Crippen LogP contribution is 2.27. The van der Waals surface area contributed by atoms with Gasteiger partial charge in [-0.25, -0.2) is 9.97 Å². The third-order valence-electron chi connectivity index (χ3n) is 5.15. The van der Waals surface area contributed by atoms with Crippen molar-refractivity contribution in [2.75, 3.05) is 19.6 Å². The normalized spacial score (nSPS) is 20.4. The van der Waals surface area contributed by atoms with E-state index in [0.717, 1.165) is 50.4 Å². The number of aromatic nitrogens is 3. The molecule has 0 saturated carbocycles. The van der Waals surface area contributed by atoms with E-state index in [0.29, 0.717) is 23.6 Å². The Balaban J connectivity index is 1.54. The van der Waals surface area contributed by atoms with E-state index in [1.807, 2.05) is 18.0 Å². The van der Waals surface area contributed by atoms with Crippen LogP contribution >= 0.6 is 0 Å². The molecule has 0 aliphatic carbocycles. The van der Waals surface area contributed by atoms with Crippen molar-refractivity contribution in [1.29, 1.82) is 0 Å². The second kappa shape index (κ2) is 6.55. The van der Waals surface area contributed by atoms with Crippen LogP contribution in [0.2, 0.25) is 0 Å². The van der Waals surface area contributed by atoms with Crippen LogP contribution in [0.5, 0.6) is 0 Å². The van der Waals surface area contributed by atoms with Gasteiger partial charge in [-0.1, -0.05) is 5.16 Å². The van der Waals surface area contributed by atoms with Gasteiger partial charge in [0.05, 0.1) is 5.69 Å². The van der Waals surface area contributed by atoms with Crippen LogP contribution in [-0.4, -0.2) is 45.6 Å². The maximum atomic E-state index is 12.9. The minimum absolute atomic E-state index is 0.00288. The zero-order valence-electron chi connectivity index (χ0n) is 14.7. The first-order valence-corrected chi connectivity index (χ1v) is 8.91. The van der Waals surface area contributed by atoms with E-state index in [-0.39, 0.29) is 11.8 Å². The second-order valence-corrected chi connectivity index (χ2v) is 6.92. The Kier molecular flexibility index (Phi) is 4.25. The molecular formula is C18H23N5O2. The van der Waals surface area contributed by atoms with Gasteiger partial charge in [-0.2, -0.15) is 0 Å². The Hall–Kier alpha value is -2.28. The number of likely N-dealkylation sites (tertiary alicyclic amines) is 1. The molecule has 0 radical (unpaired) electrons. The van der Waals surface area contributed by atoms with Crippen LogP contribution in [0.3, 0.4) is 0 Å². The van der Waals surface area contributed by atoms with Gasteiger partial charge in [0.1, 0.15) is 17.1 Å². The minimum atomic E-state index is 0.00288. The standard InChI is InChI=1S/C18H23N5O2/c1-11-16(12(2)25-22-11)18(24)23-7-3-4-13(10-23)17-20-9-14-8-19-6-5-15(14)21-17/h9,13,19H,3-8,10H2,1-2H3/t13-/m1/s1. The maximum absolute atomic E-state index is 12.9. The highest BCUT2D eigenvalue weighted by atomic mass is 16.5. The van der Waals surface area contributed by atoms with Gasteiger partial charge in [0.15, 0.2) is 0 Å². The number of carbonyl (C=O) groups is 1. The minimum Gasteiger partial charge on any atom is -0.361 e. The number of amides is 1. The molecule has 2 aliphatic rings. The number of nitrogens with one attached hydrogen (secondary N) is 1. The number of hydrogen-bond donors (Lipinski definition) is 1. The van der Waals surface area contributed by atoms with E-state index in [1.165, 1.54) is 5.56 Å². The Morgan fingerprint density at radius 3 is 3.08 bits per heavy atom. The van der Waals surface area contributed by atoms with Gasteiger partial charge in [-0.3, -0.25) is 4.79 Å². The molecule has 2 aliphatic heterocycles. The third-order valence-corrected chi connectivity index (χ3v) is 5.15. The zero-order chi connectivity index (χ0) is 17.4. The van der Waals surface area contributed by atoms with E-state index in [1.54, 1.807) is 6.92 Å². The van der Waals surface area contributed by atoms with Crippen molar-refractivity contribution in [3.8, 4) is 0 Å². The number of hydrogen-bond acceptors (Lipinski definition) is 6. The van der Waals surface area contributed by atoms with Crippen LogP contribution in [0, 0.1) is 13.8 Å². The molecule has 4 heterocycles. The summed E-state index contributed by atoms with van der Waals surface area (Å²) in [6.45, 7) is 6.82. The fourth-order valence-corrected chi connectivity index (χ4v) is 3.77. The van der Waals surface area contributed by atoms with Crippen molar-refractivity contribution in [3.05, 3.63) is 40.3 Å². The molecule has 0 aromatic carbocycles. The molecule has 1 N–H and O–H groups in total. The highest BCUT2D eigenvalue weighted by Gasteiger charge is 2.30. The van der Waals surface area contributed by atoms with E-state index >= 15 is 0 Å². The van der Waals surface area contributed by atoms with Crippen molar-refractivity contribution >= 4 is 5.91 Å². The quantitative estimate of drug-likeness (QED) is 0.896. The summed E-state index contributed by atoms with van der Waals surface area (Å²) in [5, 5.41) is 7.24. The fourth-order valence-electron chi connectivity index (χ4n) is 3.77.